The number of hydrogen-bond donors (Lipinski definition) is 0. The molecule has 3 aromatic carbocycles. The second kappa shape index (κ2) is 12.6. The Hall–Kier alpha value is -4.10. The molecule has 1 heterocycles. The molecule has 0 bridgehead atoms. The number of thiocarbonyl (C=S) groups is 1. The lowest BCUT2D eigenvalue weighted by Crippen LogP contribution is -2.47. The molecule has 1 aliphatic heterocycles. The van der Waals surface area contributed by atoms with Gasteiger partial charge in [0.15, 0.2) is 0 Å². The van der Waals surface area contributed by atoms with Crippen molar-refractivity contribution in [2.24, 2.45) is 0 Å². The maximum atomic E-state index is 13.5. The number of carbonyl (C=O) groups excluding carboxylic acids is 1. The first kappa shape index (κ1) is 27.9. The van der Waals surface area contributed by atoms with Crippen LogP contribution < -0.4 is 9.80 Å². The van der Waals surface area contributed by atoms with Gasteiger partial charge in [0.25, 0.3) is 11.4 Å². The van der Waals surface area contributed by atoms with Gasteiger partial charge in [0, 0.05) is 61.8 Å². The summed E-state index contributed by atoms with van der Waals surface area (Å²) in [6, 6.07) is 17.9. The molecule has 3 aromatic rings. The molecule has 13 heteroatoms. The van der Waals surface area contributed by atoms with Crippen LogP contribution in [0.4, 0.5) is 27.1 Å². The summed E-state index contributed by atoms with van der Waals surface area (Å²) in [5.41, 5.74) is 2.09. The van der Waals surface area contributed by atoms with E-state index >= 15 is 0 Å². The topological polar surface area (TPSA) is 113 Å². The van der Waals surface area contributed by atoms with Crippen LogP contribution in [0, 0.1) is 26.0 Å². The molecule has 1 aliphatic rings. The summed E-state index contributed by atoms with van der Waals surface area (Å²) in [4.78, 5) is 39.9. The largest absolute Gasteiger partial charge is 0.368 e. The maximum absolute atomic E-state index is 13.5. The van der Waals surface area contributed by atoms with Crippen molar-refractivity contribution in [1.82, 2.24) is 4.90 Å². The second-order valence-corrected chi connectivity index (χ2v) is 10.3. The third-order valence-electron chi connectivity index (χ3n) is 6.21. The summed E-state index contributed by atoms with van der Waals surface area (Å²) in [5.74, 6) is -0.604. The molecule has 0 saturated carbocycles. The summed E-state index contributed by atoms with van der Waals surface area (Å²) in [6.45, 7) is 2.79. The van der Waals surface area contributed by atoms with Gasteiger partial charge in [-0.05, 0) is 42.0 Å². The Morgan fingerprint density at radius 2 is 1.41 bits per heavy atom. The zero-order valence-corrected chi connectivity index (χ0v) is 22.3. The lowest BCUT2D eigenvalue weighted by Gasteiger charge is -2.37. The summed E-state index contributed by atoms with van der Waals surface area (Å²) in [7, 11) is 0. The molecular formula is C26H24FN5O5S2. The molecule has 202 valence electrons. The Labute approximate surface area is 233 Å². The lowest BCUT2D eigenvalue weighted by atomic mass is 10.1. The average Bonchev–Trinajstić information content (AvgIpc) is 2.95. The predicted octanol–water partition coefficient (Wildman–Crippen LogP) is 5.02. The minimum Gasteiger partial charge on any atom is -0.368 e. The van der Waals surface area contributed by atoms with Crippen molar-refractivity contribution < 1.29 is 19.0 Å². The van der Waals surface area contributed by atoms with Crippen LogP contribution in [0.2, 0.25) is 0 Å². The molecule has 0 aliphatic carbocycles. The van der Waals surface area contributed by atoms with Crippen LogP contribution in [0.3, 0.4) is 0 Å². The number of rotatable bonds is 8. The highest BCUT2D eigenvalue weighted by molar-refractivity contribution is 8.23. The fourth-order valence-corrected chi connectivity index (χ4v) is 5.20. The molecule has 0 atom stereocenters. The number of benzene rings is 3. The normalized spacial score (nSPS) is 13.2. The van der Waals surface area contributed by atoms with E-state index in [2.05, 4.69) is 4.90 Å². The number of piperazine rings is 1. The van der Waals surface area contributed by atoms with Crippen LogP contribution in [0.5, 0.6) is 0 Å². The summed E-state index contributed by atoms with van der Waals surface area (Å²) in [6.07, 6.45) is 0. The predicted molar refractivity (Wildman–Crippen MR) is 153 cm³/mol. The third kappa shape index (κ3) is 7.27. The van der Waals surface area contributed by atoms with Crippen molar-refractivity contribution in [3.05, 3.63) is 104 Å². The molecule has 4 rings (SSSR count). The number of halogens is 1. The zero-order valence-electron chi connectivity index (χ0n) is 20.6. The number of anilines is 2. The summed E-state index contributed by atoms with van der Waals surface area (Å²) >= 11 is 6.84. The van der Waals surface area contributed by atoms with Crippen molar-refractivity contribution in [3.63, 3.8) is 0 Å². The highest BCUT2D eigenvalue weighted by Crippen LogP contribution is 2.24. The van der Waals surface area contributed by atoms with Crippen molar-refractivity contribution >= 4 is 57.0 Å². The fourth-order valence-electron chi connectivity index (χ4n) is 4.08. The summed E-state index contributed by atoms with van der Waals surface area (Å²) < 4.78 is 14.1. The third-order valence-corrected chi connectivity index (χ3v) is 7.72. The van der Waals surface area contributed by atoms with Gasteiger partial charge in [0.2, 0.25) is 5.91 Å². The van der Waals surface area contributed by atoms with Crippen molar-refractivity contribution in [2.45, 2.75) is 6.54 Å². The van der Waals surface area contributed by atoms with Crippen molar-refractivity contribution in [3.8, 4) is 0 Å². The molecule has 0 aromatic heterocycles. The number of hydrogen-bond acceptors (Lipinski definition) is 8. The number of carbonyl (C=O) groups is 1. The van der Waals surface area contributed by atoms with E-state index in [1.807, 2.05) is 4.90 Å². The lowest BCUT2D eigenvalue weighted by molar-refractivity contribution is -0.385. The van der Waals surface area contributed by atoms with Crippen molar-refractivity contribution in [2.75, 3.05) is 41.7 Å². The fraction of sp³-hybridized carbons (Fsp3) is 0.231. The van der Waals surface area contributed by atoms with Crippen LogP contribution >= 0.6 is 24.0 Å². The molecule has 0 unspecified atom stereocenters. The van der Waals surface area contributed by atoms with Gasteiger partial charge in [-0.25, -0.2) is 4.39 Å². The van der Waals surface area contributed by atoms with Gasteiger partial charge in [0.05, 0.1) is 22.1 Å². The minimum absolute atomic E-state index is 0.0443. The first-order valence-corrected chi connectivity index (χ1v) is 13.3. The highest BCUT2D eigenvalue weighted by atomic mass is 32.2. The molecular weight excluding hydrogens is 545 g/mol. The van der Waals surface area contributed by atoms with Crippen molar-refractivity contribution in [1.29, 1.82) is 0 Å². The monoisotopic (exact) mass is 569 g/mol. The van der Waals surface area contributed by atoms with E-state index in [1.165, 1.54) is 65.2 Å². The molecule has 10 nitrogen and oxygen atoms in total. The number of non-ortho nitro benzene ring substituents is 2. The number of thioether (sulfide) groups is 1. The van der Waals surface area contributed by atoms with Gasteiger partial charge in [-0.3, -0.25) is 25.0 Å². The van der Waals surface area contributed by atoms with Crippen LogP contribution in [-0.4, -0.2) is 56.9 Å². The number of nitro groups is 2. The Morgan fingerprint density at radius 3 is 1.95 bits per heavy atom. The van der Waals surface area contributed by atoms with Gasteiger partial charge < -0.3 is 14.7 Å². The van der Waals surface area contributed by atoms with Crippen LogP contribution in [0.15, 0.2) is 72.8 Å². The SMILES string of the molecule is O=C(CSC(=S)N1CCN(c2ccc([N+](=O)[O-])cc2)CC1)N(Cc1ccc([N+](=O)[O-])cc1)c1ccc(F)cc1. The van der Waals surface area contributed by atoms with Gasteiger partial charge >= 0.3 is 0 Å². The van der Waals surface area contributed by atoms with E-state index < -0.39 is 15.7 Å². The average molecular weight is 570 g/mol. The number of amides is 1. The van der Waals surface area contributed by atoms with Crippen LogP contribution in [-0.2, 0) is 11.3 Å². The maximum Gasteiger partial charge on any atom is 0.269 e. The molecule has 1 fully saturated rings. The van der Waals surface area contributed by atoms with Gasteiger partial charge in [-0.15, -0.1) is 0 Å². The van der Waals surface area contributed by atoms with E-state index in [9.17, 15) is 29.4 Å². The smallest absolute Gasteiger partial charge is 0.269 e. The van der Waals surface area contributed by atoms with E-state index in [1.54, 1.807) is 24.3 Å². The van der Waals surface area contributed by atoms with Gasteiger partial charge in [-0.2, -0.15) is 0 Å². The molecule has 1 amide bonds. The number of nitrogens with zero attached hydrogens (tertiary/aromatic N) is 5. The Balaban J connectivity index is 1.35. The first-order chi connectivity index (χ1) is 18.7. The Bertz CT molecular complexity index is 1350. The zero-order chi connectivity index (χ0) is 27.9. The van der Waals surface area contributed by atoms with E-state index in [0.717, 1.165) is 5.69 Å². The molecule has 39 heavy (non-hydrogen) atoms. The summed E-state index contributed by atoms with van der Waals surface area (Å²) in [5, 5.41) is 21.8. The molecule has 1 saturated heterocycles. The highest BCUT2D eigenvalue weighted by Gasteiger charge is 2.23. The minimum atomic E-state index is -0.490. The van der Waals surface area contributed by atoms with E-state index in [-0.39, 0.29) is 29.6 Å². The van der Waals surface area contributed by atoms with Gasteiger partial charge in [0.1, 0.15) is 10.1 Å². The molecule has 0 radical (unpaired) electrons. The molecule has 0 spiro atoms. The number of nitro benzene ring substituents is 2. The van der Waals surface area contributed by atoms with Gasteiger partial charge in [-0.1, -0.05) is 36.1 Å². The Kier molecular flexibility index (Phi) is 9.04. The standard InChI is InChI=1S/C26H24FN5O5S2/c27-20-3-7-22(8-4-20)30(17-19-1-5-23(6-2-19)31(34)35)25(33)18-39-26(38)29-15-13-28(14-16-29)21-9-11-24(12-10-21)32(36)37/h1-12H,13-18H2. The van der Waals surface area contributed by atoms with Crippen LogP contribution in [0.25, 0.3) is 0 Å². The van der Waals surface area contributed by atoms with E-state index in [0.29, 0.717) is 41.8 Å². The van der Waals surface area contributed by atoms with Crippen LogP contribution in [0.1, 0.15) is 5.56 Å². The second-order valence-electron chi connectivity index (χ2n) is 8.68. The Morgan fingerprint density at radius 1 is 0.872 bits per heavy atom. The first-order valence-electron chi connectivity index (χ1n) is 11.9. The molecule has 0 N–H and O–H groups in total. The quantitative estimate of drug-likeness (QED) is 0.210. The van der Waals surface area contributed by atoms with E-state index in [4.69, 9.17) is 12.2 Å².